The molecule has 1 heterocycles. The lowest BCUT2D eigenvalue weighted by Gasteiger charge is -2.36. The monoisotopic (exact) mass is 272 g/mol. The molecule has 1 fully saturated rings. The third kappa shape index (κ3) is 5.46. The highest BCUT2D eigenvalue weighted by atomic mass is 16.5. The molecule has 0 aromatic heterocycles. The van der Waals surface area contributed by atoms with Crippen molar-refractivity contribution in [1.29, 1.82) is 0 Å². The molecule has 0 spiro atoms. The zero-order valence-corrected chi connectivity index (χ0v) is 11.9. The smallest absolute Gasteiger partial charge is 0.323 e. The second kappa shape index (κ2) is 6.75. The number of hydrogen-bond donors (Lipinski definition) is 2. The van der Waals surface area contributed by atoms with Crippen molar-refractivity contribution < 1.29 is 19.4 Å². The molecule has 6 heteroatoms. The molecule has 1 aliphatic rings. The van der Waals surface area contributed by atoms with Crippen molar-refractivity contribution in [1.82, 2.24) is 10.2 Å². The molecule has 19 heavy (non-hydrogen) atoms. The predicted octanol–water partition coefficient (Wildman–Crippen LogP) is 1.31. The largest absolute Gasteiger partial charge is 0.480 e. The molecule has 0 aromatic rings. The maximum atomic E-state index is 12.2. The van der Waals surface area contributed by atoms with Gasteiger partial charge >= 0.3 is 12.0 Å². The van der Waals surface area contributed by atoms with Crippen molar-refractivity contribution in [3.63, 3.8) is 0 Å². The Bertz CT molecular complexity index is 325. The molecule has 2 N–H and O–H groups in total. The second-order valence-corrected chi connectivity index (χ2v) is 5.82. The Kier molecular flexibility index (Phi) is 5.60. The number of nitrogens with one attached hydrogen (secondary N) is 1. The summed E-state index contributed by atoms with van der Waals surface area (Å²) in [5.74, 6) is -0.777. The topological polar surface area (TPSA) is 78.9 Å². The first-order valence-corrected chi connectivity index (χ1v) is 6.69. The van der Waals surface area contributed by atoms with Crippen LogP contribution in [-0.4, -0.2) is 53.8 Å². The van der Waals surface area contributed by atoms with Crippen molar-refractivity contribution in [2.24, 2.45) is 5.92 Å². The summed E-state index contributed by atoms with van der Waals surface area (Å²) in [5.41, 5.74) is -0.400. The Hall–Kier alpha value is -1.30. The molecule has 1 aliphatic heterocycles. The van der Waals surface area contributed by atoms with Crippen molar-refractivity contribution in [3.05, 3.63) is 0 Å². The summed E-state index contributed by atoms with van der Waals surface area (Å²) in [5, 5.41) is 11.8. The number of carboxylic acids is 1. The lowest BCUT2D eigenvalue weighted by atomic mass is 9.95. The van der Waals surface area contributed by atoms with Crippen LogP contribution in [0, 0.1) is 5.92 Å². The van der Waals surface area contributed by atoms with Gasteiger partial charge in [0.2, 0.25) is 0 Å². The molecule has 110 valence electrons. The predicted molar refractivity (Wildman–Crippen MR) is 71.0 cm³/mol. The normalized spacial score (nSPS) is 23.2. The molecule has 0 bridgehead atoms. The minimum Gasteiger partial charge on any atom is -0.480 e. The molecule has 2 amide bonds. The summed E-state index contributed by atoms with van der Waals surface area (Å²) in [7, 11) is 0. The third-order valence-electron chi connectivity index (χ3n) is 3.05. The summed E-state index contributed by atoms with van der Waals surface area (Å²) >= 11 is 0. The van der Waals surface area contributed by atoms with Crippen molar-refractivity contribution >= 4 is 12.0 Å². The third-order valence-corrected chi connectivity index (χ3v) is 3.05. The number of hydrogen-bond acceptors (Lipinski definition) is 3. The van der Waals surface area contributed by atoms with E-state index in [1.807, 2.05) is 20.8 Å². The quantitative estimate of drug-likeness (QED) is 0.791. The summed E-state index contributed by atoms with van der Waals surface area (Å²) in [6.07, 6.45) is 1.75. The maximum absolute atomic E-state index is 12.2. The van der Waals surface area contributed by atoms with Crippen LogP contribution < -0.4 is 5.32 Å². The number of carbonyl (C=O) groups excluding carboxylic acids is 1. The highest BCUT2D eigenvalue weighted by Gasteiger charge is 2.31. The molecule has 1 saturated heterocycles. The van der Waals surface area contributed by atoms with Crippen LogP contribution in [0.15, 0.2) is 0 Å². The number of urea groups is 1. The molecule has 1 rings (SSSR count). The first kappa shape index (κ1) is 15.8. The van der Waals surface area contributed by atoms with E-state index < -0.39 is 11.5 Å². The zero-order chi connectivity index (χ0) is 14.5. The van der Waals surface area contributed by atoms with Gasteiger partial charge in [0.1, 0.15) is 6.54 Å². The molecular weight excluding hydrogens is 248 g/mol. The molecule has 0 aliphatic carbocycles. The summed E-state index contributed by atoms with van der Waals surface area (Å²) in [6.45, 7) is 7.17. The molecular formula is C13H24N2O4. The SMILES string of the molecule is CC(C)CN(CC(=O)O)C(=O)NC1(C)CCCOC1. The van der Waals surface area contributed by atoms with Gasteiger partial charge < -0.3 is 20.1 Å². The van der Waals surface area contributed by atoms with Gasteiger partial charge in [-0.25, -0.2) is 4.79 Å². The summed E-state index contributed by atoms with van der Waals surface area (Å²) < 4.78 is 5.38. The van der Waals surface area contributed by atoms with Gasteiger partial charge in [0.25, 0.3) is 0 Å². The fraction of sp³-hybridized carbons (Fsp3) is 0.846. The molecule has 6 nitrogen and oxygen atoms in total. The van der Waals surface area contributed by atoms with Crippen LogP contribution in [-0.2, 0) is 9.53 Å². The Morgan fingerprint density at radius 3 is 2.63 bits per heavy atom. The van der Waals surface area contributed by atoms with E-state index in [1.54, 1.807) is 0 Å². The standard InChI is InChI=1S/C13H24N2O4/c1-10(2)7-15(8-11(16)17)12(18)14-13(3)5-4-6-19-9-13/h10H,4-9H2,1-3H3,(H,14,18)(H,16,17). The Morgan fingerprint density at radius 1 is 1.47 bits per heavy atom. The average molecular weight is 272 g/mol. The minimum absolute atomic E-state index is 0.223. The molecule has 1 unspecified atom stereocenters. The van der Waals surface area contributed by atoms with Gasteiger partial charge in [-0.05, 0) is 25.7 Å². The van der Waals surface area contributed by atoms with E-state index >= 15 is 0 Å². The molecule has 0 saturated carbocycles. The maximum Gasteiger partial charge on any atom is 0.323 e. The van der Waals surface area contributed by atoms with E-state index in [1.165, 1.54) is 4.90 Å². The summed E-state index contributed by atoms with van der Waals surface area (Å²) in [6, 6.07) is -0.330. The van der Waals surface area contributed by atoms with E-state index in [2.05, 4.69) is 5.32 Å². The van der Waals surface area contributed by atoms with Crippen LogP contribution in [0.25, 0.3) is 0 Å². The van der Waals surface area contributed by atoms with Gasteiger partial charge in [-0.3, -0.25) is 4.79 Å². The van der Waals surface area contributed by atoms with Crippen molar-refractivity contribution in [2.45, 2.75) is 39.2 Å². The van der Waals surface area contributed by atoms with Gasteiger partial charge in [0, 0.05) is 13.2 Å². The number of ether oxygens (including phenoxy) is 1. The van der Waals surface area contributed by atoms with Gasteiger partial charge in [0.05, 0.1) is 12.1 Å². The van der Waals surface area contributed by atoms with Crippen LogP contribution in [0.1, 0.15) is 33.6 Å². The average Bonchev–Trinajstić information content (AvgIpc) is 2.27. The first-order valence-electron chi connectivity index (χ1n) is 6.69. The fourth-order valence-corrected chi connectivity index (χ4v) is 2.19. The Balaban J connectivity index is 2.61. The highest BCUT2D eigenvalue weighted by Crippen LogP contribution is 2.18. The summed E-state index contributed by atoms with van der Waals surface area (Å²) in [4.78, 5) is 24.3. The number of amides is 2. The van der Waals surface area contributed by atoms with Crippen molar-refractivity contribution in [3.8, 4) is 0 Å². The molecule has 0 aromatic carbocycles. The Morgan fingerprint density at radius 2 is 2.16 bits per heavy atom. The fourth-order valence-electron chi connectivity index (χ4n) is 2.19. The van der Waals surface area contributed by atoms with Crippen LogP contribution in [0.2, 0.25) is 0 Å². The van der Waals surface area contributed by atoms with E-state index in [9.17, 15) is 9.59 Å². The van der Waals surface area contributed by atoms with Gasteiger partial charge in [-0.1, -0.05) is 13.8 Å². The van der Waals surface area contributed by atoms with Crippen molar-refractivity contribution in [2.75, 3.05) is 26.3 Å². The number of nitrogens with zero attached hydrogens (tertiary/aromatic N) is 1. The minimum atomic E-state index is -0.999. The van der Waals surface area contributed by atoms with E-state index in [-0.39, 0.29) is 18.5 Å². The van der Waals surface area contributed by atoms with Gasteiger partial charge in [-0.15, -0.1) is 0 Å². The van der Waals surface area contributed by atoms with Gasteiger partial charge in [-0.2, -0.15) is 0 Å². The van der Waals surface area contributed by atoms with Crippen LogP contribution in [0.3, 0.4) is 0 Å². The van der Waals surface area contributed by atoms with Gasteiger partial charge in [0.15, 0.2) is 0 Å². The Labute approximate surface area is 114 Å². The first-order chi connectivity index (χ1) is 8.82. The number of carboxylic acid groups (broad SMARTS) is 1. The van der Waals surface area contributed by atoms with E-state index in [0.717, 1.165) is 19.4 Å². The van der Waals surface area contributed by atoms with Crippen LogP contribution >= 0.6 is 0 Å². The van der Waals surface area contributed by atoms with E-state index in [0.29, 0.717) is 13.2 Å². The van der Waals surface area contributed by atoms with E-state index in [4.69, 9.17) is 9.84 Å². The number of carbonyl (C=O) groups is 2. The number of rotatable bonds is 5. The lowest BCUT2D eigenvalue weighted by molar-refractivity contribution is -0.137. The van der Waals surface area contributed by atoms with Crippen LogP contribution in [0.4, 0.5) is 4.79 Å². The van der Waals surface area contributed by atoms with Crippen LogP contribution in [0.5, 0.6) is 0 Å². The zero-order valence-electron chi connectivity index (χ0n) is 11.9. The molecule has 1 atom stereocenters. The number of aliphatic carboxylic acids is 1. The molecule has 0 radical (unpaired) electrons. The second-order valence-electron chi connectivity index (χ2n) is 5.82. The highest BCUT2D eigenvalue weighted by molar-refractivity contribution is 5.80. The lowest BCUT2D eigenvalue weighted by Crippen LogP contribution is -2.56.